The van der Waals surface area contributed by atoms with E-state index in [1.54, 1.807) is 0 Å². The lowest BCUT2D eigenvalue weighted by Crippen LogP contribution is -2.15. The van der Waals surface area contributed by atoms with Gasteiger partial charge in [-0.05, 0) is 37.5 Å². The predicted octanol–water partition coefficient (Wildman–Crippen LogP) is 4.38. The summed E-state index contributed by atoms with van der Waals surface area (Å²) in [6, 6.07) is 18.0. The van der Waals surface area contributed by atoms with Gasteiger partial charge in [0.1, 0.15) is 5.75 Å². The molecule has 25 heavy (non-hydrogen) atoms. The zero-order chi connectivity index (χ0) is 17.4. The second-order valence-electron chi connectivity index (χ2n) is 6.72. The molecule has 0 N–H and O–H groups in total. The first-order valence-corrected chi connectivity index (χ1v) is 8.64. The Kier molecular flexibility index (Phi) is 4.02. The number of carbonyl (C=O) groups is 1. The average molecular weight is 331 g/mol. The van der Waals surface area contributed by atoms with Crippen LogP contribution in [0.3, 0.4) is 0 Å². The van der Waals surface area contributed by atoms with Gasteiger partial charge in [-0.2, -0.15) is 0 Å². The van der Waals surface area contributed by atoms with E-state index in [0.717, 1.165) is 51.7 Å². The second kappa shape index (κ2) is 6.34. The number of ketones is 1. The molecule has 0 unspecified atom stereocenters. The summed E-state index contributed by atoms with van der Waals surface area (Å²) in [4.78, 5) is 15.0. The summed E-state index contributed by atoms with van der Waals surface area (Å²) in [6.45, 7) is 1.62. The van der Waals surface area contributed by atoms with Crippen LogP contribution in [0.15, 0.2) is 54.6 Å². The molecule has 0 aromatic heterocycles. The molecular weight excluding hydrogens is 310 g/mol. The maximum Gasteiger partial charge on any atom is 0.194 e. The summed E-state index contributed by atoms with van der Waals surface area (Å²) in [5, 5.41) is 2.15. The van der Waals surface area contributed by atoms with Crippen molar-refractivity contribution in [2.75, 3.05) is 27.2 Å². The number of hydrogen-bond acceptors (Lipinski definition) is 3. The molecule has 0 bridgehead atoms. The first-order valence-electron chi connectivity index (χ1n) is 8.64. The van der Waals surface area contributed by atoms with Crippen molar-refractivity contribution in [3.05, 3.63) is 65.7 Å². The fourth-order valence-corrected chi connectivity index (χ4v) is 3.54. The highest BCUT2D eigenvalue weighted by Gasteiger charge is 2.29. The number of fused-ring (bicyclic) bond motifs is 5. The van der Waals surface area contributed by atoms with Gasteiger partial charge in [0, 0.05) is 28.6 Å². The Hall–Kier alpha value is -2.65. The number of carbonyl (C=O) groups excluding carboxylic acids is 1. The highest BCUT2D eigenvalue weighted by molar-refractivity contribution is 6.26. The molecular formula is C22H21NO2. The minimum absolute atomic E-state index is 0.0921. The van der Waals surface area contributed by atoms with Gasteiger partial charge in [-0.1, -0.05) is 48.5 Å². The van der Waals surface area contributed by atoms with Crippen LogP contribution in [-0.4, -0.2) is 37.9 Å². The molecule has 0 spiro atoms. The van der Waals surface area contributed by atoms with Crippen LogP contribution in [0.25, 0.3) is 21.9 Å². The topological polar surface area (TPSA) is 29.5 Å². The van der Waals surface area contributed by atoms with E-state index in [1.165, 1.54) is 0 Å². The van der Waals surface area contributed by atoms with Crippen LogP contribution in [0.1, 0.15) is 22.3 Å². The fraction of sp³-hybridized carbons (Fsp3) is 0.227. The maximum absolute atomic E-state index is 12.8. The normalized spacial score (nSPS) is 12.5. The molecule has 3 aromatic rings. The summed E-state index contributed by atoms with van der Waals surface area (Å²) in [7, 11) is 4.11. The highest BCUT2D eigenvalue weighted by atomic mass is 16.5. The summed E-state index contributed by atoms with van der Waals surface area (Å²) in [5.41, 5.74) is 3.60. The summed E-state index contributed by atoms with van der Waals surface area (Å²) < 4.78 is 6.06. The van der Waals surface area contributed by atoms with Crippen molar-refractivity contribution in [3.63, 3.8) is 0 Å². The molecule has 0 heterocycles. The Morgan fingerprint density at radius 2 is 1.56 bits per heavy atom. The van der Waals surface area contributed by atoms with E-state index in [4.69, 9.17) is 4.74 Å². The van der Waals surface area contributed by atoms with Crippen LogP contribution in [0.4, 0.5) is 0 Å². The molecule has 3 heteroatoms. The van der Waals surface area contributed by atoms with E-state index >= 15 is 0 Å². The van der Waals surface area contributed by atoms with E-state index in [-0.39, 0.29) is 5.78 Å². The van der Waals surface area contributed by atoms with Crippen molar-refractivity contribution in [1.82, 2.24) is 4.90 Å². The molecule has 1 aliphatic carbocycles. The van der Waals surface area contributed by atoms with Crippen LogP contribution < -0.4 is 4.74 Å². The first-order chi connectivity index (χ1) is 12.2. The van der Waals surface area contributed by atoms with Gasteiger partial charge in [-0.25, -0.2) is 0 Å². The van der Waals surface area contributed by atoms with Gasteiger partial charge in [-0.15, -0.1) is 0 Å². The third kappa shape index (κ3) is 2.71. The maximum atomic E-state index is 12.8. The van der Waals surface area contributed by atoms with Crippen LogP contribution in [0.5, 0.6) is 5.75 Å². The highest BCUT2D eigenvalue weighted by Crippen LogP contribution is 2.44. The third-order valence-electron chi connectivity index (χ3n) is 4.70. The van der Waals surface area contributed by atoms with Crippen LogP contribution in [0.2, 0.25) is 0 Å². The average Bonchev–Trinajstić information content (AvgIpc) is 2.91. The van der Waals surface area contributed by atoms with Crippen molar-refractivity contribution in [2.45, 2.75) is 6.42 Å². The Balaban J connectivity index is 1.80. The molecule has 126 valence electrons. The number of nitrogens with zero attached hydrogens (tertiary/aromatic N) is 1. The zero-order valence-electron chi connectivity index (χ0n) is 14.6. The lowest BCUT2D eigenvalue weighted by atomic mass is 9.97. The lowest BCUT2D eigenvalue weighted by Gasteiger charge is -2.14. The molecule has 0 aliphatic heterocycles. The van der Waals surface area contributed by atoms with E-state index in [1.807, 2.05) is 42.5 Å². The number of rotatable bonds is 5. The predicted molar refractivity (Wildman–Crippen MR) is 101 cm³/mol. The Morgan fingerprint density at radius 3 is 2.32 bits per heavy atom. The van der Waals surface area contributed by atoms with Gasteiger partial charge >= 0.3 is 0 Å². The largest absolute Gasteiger partial charge is 0.493 e. The summed E-state index contributed by atoms with van der Waals surface area (Å²) >= 11 is 0. The third-order valence-corrected chi connectivity index (χ3v) is 4.70. The van der Waals surface area contributed by atoms with Crippen molar-refractivity contribution < 1.29 is 9.53 Å². The van der Waals surface area contributed by atoms with Crippen molar-refractivity contribution in [3.8, 4) is 16.9 Å². The monoisotopic (exact) mass is 331 g/mol. The summed E-state index contributed by atoms with van der Waals surface area (Å²) in [5.74, 6) is 0.892. The number of benzene rings is 3. The molecule has 3 aromatic carbocycles. The van der Waals surface area contributed by atoms with Crippen LogP contribution >= 0.6 is 0 Å². The molecule has 4 rings (SSSR count). The molecule has 0 saturated carbocycles. The summed E-state index contributed by atoms with van der Waals surface area (Å²) in [6.07, 6.45) is 0.951. The molecule has 1 aliphatic rings. The van der Waals surface area contributed by atoms with Crippen molar-refractivity contribution in [1.29, 1.82) is 0 Å². The van der Waals surface area contributed by atoms with Crippen molar-refractivity contribution in [2.24, 2.45) is 0 Å². The van der Waals surface area contributed by atoms with Gasteiger partial charge in [0.25, 0.3) is 0 Å². The lowest BCUT2D eigenvalue weighted by molar-refractivity contribution is 0.104. The van der Waals surface area contributed by atoms with E-state index in [2.05, 4.69) is 31.1 Å². The number of ether oxygens (including phenoxy) is 1. The van der Waals surface area contributed by atoms with Gasteiger partial charge < -0.3 is 9.64 Å². The van der Waals surface area contributed by atoms with Crippen LogP contribution in [-0.2, 0) is 0 Å². The Labute approximate surface area is 147 Å². The fourth-order valence-electron chi connectivity index (χ4n) is 3.54. The van der Waals surface area contributed by atoms with Crippen molar-refractivity contribution >= 4 is 16.6 Å². The van der Waals surface area contributed by atoms with Gasteiger partial charge in [0.2, 0.25) is 0 Å². The van der Waals surface area contributed by atoms with Gasteiger partial charge in [-0.3, -0.25) is 4.79 Å². The SMILES string of the molecule is CN(C)CCCOc1cc2c(c3ccccc13)-c1ccccc1C2=O. The minimum Gasteiger partial charge on any atom is -0.493 e. The Bertz CT molecular complexity index is 959. The standard InChI is InChI=1S/C22H21NO2/c1-23(2)12-7-13-25-20-14-19-21(16-9-4-3-8-15(16)20)17-10-5-6-11-18(17)22(19)24/h3-6,8-11,14H,7,12-13H2,1-2H3. The molecule has 0 amide bonds. The Morgan fingerprint density at radius 1 is 0.880 bits per heavy atom. The van der Waals surface area contributed by atoms with Gasteiger partial charge in [0.05, 0.1) is 6.61 Å². The smallest absolute Gasteiger partial charge is 0.194 e. The van der Waals surface area contributed by atoms with Gasteiger partial charge in [0.15, 0.2) is 5.78 Å². The zero-order valence-corrected chi connectivity index (χ0v) is 14.6. The van der Waals surface area contributed by atoms with E-state index in [9.17, 15) is 4.79 Å². The second-order valence-corrected chi connectivity index (χ2v) is 6.72. The minimum atomic E-state index is 0.0921. The van der Waals surface area contributed by atoms with Crippen LogP contribution in [0, 0.1) is 0 Å². The first kappa shape index (κ1) is 15.9. The van der Waals surface area contributed by atoms with E-state index in [0.29, 0.717) is 6.61 Å². The molecule has 0 fully saturated rings. The molecule has 3 nitrogen and oxygen atoms in total. The molecule has 0 saturated heterocycles. The number of hydrogen-bond donors (Lipinski definition) is 0. The van der Waals surface area contributed by atoms with E-state index < -0.39 is 0 Å². The molecule has 0 radical (unpaired) electrons. The quantitative estimate of drug-likeness (QED) is 0.508. The molecule has 0 atom stereocenters.